The molecule has 1 nitrogen and oxygen atoms in total. The van der Waals surface area contributed by atoms with Crippen LogP contribution in [0.1, 0.15) is 5.69 Å². The number of halogens is 2. The maximum absolute atomic E-state index is 5.85. The molecule has 0 N–H and O–H groups in total. The summed E-state index contributed by atoms with van der Waals surface area (Å²) in [7, 11) is 0. The average molecular weight is 208 g/mol. The van der Waals surface area contributed by atoms with Crippen LogP contribution >= 0.6 is 35.0 Å². The molecule has 0 fully saturated rings. The molecule has 4 heteroatoms. The molecular weight excluding hydrogens is 201 g/mol. The second kappa shape index (κ2) is 3.65. The van der Waals surface area contributed by atoms with Gasteiger partial charge in [-0.15, -0.1) is 11.8 Å². The Morgan fingerprint density at radius 1 is 1.45 bits per heavy atom. The first-order valence-corrected chi connectivity index (χ1v) is 5.00. The molecule has 1 rings (SSSR count). The molecule has 0 radical (unpaired) electrons. The second-order valence-corrected chi connectivity index (χ2v) is 3.65. The number of nitrogens with zero attached hydrogens (tertiary/aromatic N) is 1. The zero-order valence-corrected chi connectivity index (χ0v) is 8.52. The Morgan fingerprint density at radius 2 is 2.09 bits per heavy atom. The minimum Gasteiger partial charge on any atom is -0.240 e. The topological polar surface area (TPSA) is 12.9 Å². The summed E-state index contributed by atoms with van der Waals surface area (Å²) in [4.78, 5) is 4.98. The summed E-state index contributed by atoms with van der Waals surface area (Å²) in [6.07, 6.45) is 1.96. The molecule has 1 heterocycles. The molecule has 0 aliphatic heterocycles. The van der Waals surface area contributed by atoms with E-state index < -0.39 is 0 Å². The average Bonchev–Trinajstić information content (AvgIpc) is 1.96. The summed E-state index contributed by atoms with van der Waals surface area (Å²) >= 11 is 13.2. The Hall–Kier alpha value is 0.0800. The van der Waals surface area contributed by atoms with E-state index in [-0.39, 0.29) is 0 Å². The van der Waals surface area contributed by atoms with Crippen molar-refractivity contribution in [2.75, 3.05) is 6.26 Å². The van der Waals surface area contributed by atoms with Crippen molar-refractivity contribution in [1.29, 1.82) is 0 Å². The van der Waals surface area contributed by atoms with E-state index in [1.165, 1.54) is 0 Å². The summed E-state index contributed by atoms with van der Waals surface area (Å²) < 4.78 is 0. The Bertz CT molecular complexity index is 275. The van der Waals surface area contributed by atoms with Gasteiger partial charge in [0.15, 0.2) is 0 Å². The summed E-state index contributed by atoms with van der Waals surface area (Å²) in [6, 6.07) is 1.92. The van der Waals surface area contributed by atoms with E-state index in [2.05, 4.69) is 4.98 Å². The number of aromatic nitrogens is 1. The van der Waals surface area contributed by atoms with Gasteiger partial charge in [-0.05, 0) is 19.2 Å². The van der Waals surface area contributed by atoms with Crippen molar-refractivity contribution in [1.82, 2.24) is 4.98 Å². The number of aryl methyl sites for hydroxylation is 1. The maximum Gasteiger partial charge on any atom is 0.149 e. The summed E-state index contributed by atoms with van der Waals surface area (Å²) in [5.74, 6) is 0. The molecule has 60 valence electrons. The molecule has 0 saturated heterocycles. The Labute approximate surface area is 80.1 Å². The maximum atomic E-state index is 5.85. The van der Waals surface area contributed by atoms with Crippen LogP contribution < -0.4 is 0 Å². The summed E-state index contributed by atoms with van der Waals surface area (Å²) in [6.45, 7) is 1.89. The Morgan fingerprint density at radius 3 is 2.64 bits per heavy atom. The molecule has 1 aromatic heterocycles. The van der Waals surface area contributed by atoms with Crippen LogP contribution in [0, 0.1) is 6.92 Å². The fourth-order valence-corrected chi connectivity index (χ4v) is 1.92. The third kappa shape index (κ3) is 2.01. The van der Waals surface area contributed by atoms with Gasteiger partial charge in [-0.2, -0.15) is 0 Å². The predicted molar refractivity (Wildman–Crippen MR) is 50.8 cm³/mol. The van der Waals surface area contributed by atoms with Gasteiger partial charge in [0, 0.05) is 10.6 Å². The quantitative estimate of drug-likeness (QED) is 0.518. The molecule has 0 amide bonds. The van der Waals surface area contributed by atoms with E-state index in [9.17, 15) is 0 Å². The molecule has 0 spiro atoms. The normalized spacial score (nSPS) is 10.2. The molecular formula is C7H7Cl2NS. The molecule has 0 unspecified atom stereocenters. The zero-order valence-electron chi connectivity index (χ0n) is 6.19. The third-order valence-electron chi connectivity index (χ3n) is 1.23. The van der Waals surface area contributed by atoms with Gasteiger partial charge in [-0.1, -0.05) is 23.2 Å². The first-order valence-electron chi connectivity index (χ1n) is 3.01. The zero-order chi connectivity index (χ0) is 8.43. The minimum atomic E-state index is 0.385. The van der Waals surface area contributed by atoms with Crippen LogP contribution in [0.3, 0.4) is 0 Å². The lowest BCUT2D eigenvalue weighted by atomic mass is 10.4. The van der Waals surface area contributed by atoms with Crippen molar-refractivity contribution in [3.05, 3.63) is 21.9 Å². The van der Waals surface area contributed by atoms with E-state index >= 15 is 0 Å². The molecule has 11 heavy (non-hydrogen) atoms. The van der Waals surface area contributed by atoms with Crippen molar-refractivity contribution < 1.29 is 0 Å². The van der Waals surface area contributed by atoms with Crippen molar-refractivity contribution in [2.45, 2.75) is 11.8 Å². The van der Waals surface area contributed by atoms with Crippen molar-refractivity contribution >= 4 is 35.0 Å². The van der Waals surface area contributed by atoms with Crippen molar-refractivity contribution in [3.8, 4) is 0 Å². The van der Waals surface area contributed by atoms with Gasteiger partial charge in [0.1, 0.15) is 5.15 Å². The smallest absolute Gasteiger partial charge is 0.149 e. The number of pyridine rings is 1. The number of thioether (sulfide) groups is 1. The first-order chi connectivity index (χ1) is 5.15. The van der Waals surface area contributed by atoms with Crippen LogP contribution in [0.2, 0.25) is 10.2 Å². The van der Waals surface area contributed by atoms with Gasteiger partial charge in [0.05, 0.1) is 5.02 Å². The van der Waals surface area contributed by atoms with E-state index in [0.717, 1.165) is 10.6 Å². The monoisotopic (exact) mass is 207 g/mol. The highest BCUT2D eigenvalue weighted by molar-refractivity contribution is 7.98. The molecule has 0 atom stereocenters. The minimum absolute atomic E-state index is 0.385. The molecule has 1 aromatic rings. The van der Waals surface area contributed by atoms with Crippen molar-refractivity contribution in [2.24, 2.45) is 0 Å². The van der Waals surface area contributed by atoms with Crippen LogP contribution in [0.25, 0.3) is 0 Å². The SMILES string of the molecule is CSc1cc(C)nc(Cl)c1Cl. The van der Waals surface area contributed by atoms with Crippen LogP contribution in [0.4, 0.5) is 0 Å². The van der Waals surface area contributed by atoms with Gasteiger partial charge < -0.3 is 0 Å². The van der Waals surface area contributed by atoms with E-state index in [0.29, 0.717) is 10.2 Å². The van der Waals surface area contributed by atoms with Gasteiger partial charge in [-0.25, -0.2) is 4.98 Å². The lowest BCUT2D eigenvalue weighted by Gasteiger charge is -2.02. The molecule has 0 saturated carbocycles. The molecule has 0 aliphatic rings. The second-order valence-electron chi connectivity index (χ2n) is 2.07. The van der Waals surface area contributed by atoms with Crippen LogP contribution in [0.15, 0.2) is 11.0 Å². The highest BCUT2D eigenvalue weighted by Crippen LogP contribution is 2.30. The highest BCUT2D eigenvalue weighted by Gasteiger charge is 2.05. The van der Waals surface area contributed by atoms with Gasteiger partial charge in [0.2, 0.25) is 0 Å². The predicted octanol–water partition coefficient (Wildman–Crippen LogP) is 3.42. The lowest BCUT2D eigenvalue weighted by Crippen LogP contribution is -1.84. The molecule has 0 bridgehead atoms. The van der Waals surface area contributed by atoms with Crippen LogP contribution in [-0.4, -0.2) is 11.2 Å². The van der Waals surface area contributed by atoms with Crippen LogP contribution in [-0.2, 0) is 0 Å². The highest BCUT2D eigenvalue weighted by atomic mass is 35.5. The molecule has 0 aliphatic carbocycles. The van der Waals surface area contributed by atoms with Crippen LogP contribution in [0.5, 0.6) is 0 Å². The van der Waals surface area contributed by atoms with E-state index in [4.69, 9.17) is 23.2 Å². The van der Waals surface area contributed by atoms with E-state index in [1.807, 2.05) is 19.2 Å². The number of hydrogen-bond donors (Lipinski definition) is 0. The summed E-state index contributed by atoms with van der Waals surface area (Å²) in [5, 5.41) is 0.931. The third-order valence-corrected chi connectivity index (χ3v) is 2.86. The van der Waals surface area contributed by atoms with Gasteiger partial charge >= 0.3 is 0 Å². The Kier molecular flexibility index (Phi) is 3.05. The first kappa shape index (κ1) is 9.17. The Balaban J connectivity index is 3.24. The fraction of sp³-hybridized carbons (Fsp3) is 0.286. The number of hydrogen-bond acceptors (Lipinski definition) is 2. The van der Waals surface area contributed by atoms with E-state index in [1.54, 1.807) is 11.8 Å². The largest absolute Gasteiger partial charge is 0.240 e. The lowest BCUT2D eigenvalue weighted by molar-refractivity contribution is 1.16. The summed E-state index contributed by atoms with van der Waals surface area (Å²) in [5.41, 5.74) is 0.892. The fourth-order valence-electron chi connectivity index (χ4n) is 0.739. The molecule has 0 aromatic carbocycles. The standard InChI is InChI=1S/C7H7Cl2NS/c1-4-3-5(11-2)6(8)7(9)10-4/h3H,1-2H3. The van der Waals surface area contributed by atoms with Gasteiger partial charge in [-0.3, -0.25) is 0 Å². The number of rotatable bonds is 1. The van der Waals surface area contributed by atoms with Crippen molar-refractivity contribution in [3.63, 3.8) is 0 Å². The van der Waals surface area contributed by atoms with Gasteiger partial charge in [0.25, 0.3) is 0 Å².